The highest BCUT2D eigenvalue weighted by atomic mass is 79.9. The van der Waals surface area contributed by atoms with Gasteiger partial charge >= 0.3 is 6.61 Å². The first kappa shape index (κ1) is 18.5. The number of benzene rings is 2. The summed E-state index contributed by atoms with van der Waals surface area (Å²) >= 11 is 6.33. The third-order valence-electron chi connectivity index (χ3n) is 2.79. The zero-order valence-electron chi connectivity index (χ0n) is 11.9. The highest BCUT2D eigenvalue weighted by molar-refractivity contribution is 9.11. The molecule has 1 N–H and O–H groups in total. The zero-order chi connectivity index (χ0) is 17.7. The summed E-state index contributed by atoms with van der Waals surface area (Å²) in [5, 5.41) is 2.60. The normalized spacial score (nSPS) is 11.1. The maximum absolute atomic E-state index is 13.2. The van der Waals surface area contributed by atoms with Crippen molar-refractivity contribution in [3.63, 3.8) is 0 Å². The minimum absolute atomic E-state index is 0.0331. The lowest BCUT2D eigenvalue weighted by molar-refractivity contribution is -0.111. The second-order valence-electron chi connectivity index (χ2n) is 4.51. The molecule has 2 aromatic carbocycles. The van der Waals surface area contributed by atoms with Gasteiger partial charge in [-0.1, -0.05) is 12.1 Å². The molecule has 0 spiro atoms. The van der Waals surface area contributed by atoms with Gasteiger partial charge in [-0.15, -0.1) is 0 Å². The number of hydrogen-bond donors (Lipinski definition) is 1. The summed E-state index contributed by atoms with van der Waals surface area (Å²) in [6.07, 6.45) is 2.78. The summed E-state index contributed by atoms with van der Waals surface area (Å²) in [6, 6.07) is 8.27. The number of carbonyl (C=O) groups is 1. The fourth-order valence-electron chi connectivity index (χ4n) is 1.76. The number of ether oxygens (including phenoxy) is 1. The molecular weight excluding hydrogens is 455 g/mol. The molecule has 24 heavy (non-hydrogen) atoms. The topological polar surface area (TPSA) is 38.3 Å². The van der Waals surface area contributed by atoms with Gasteiger partial charge in [-0.3, -0.25) is 4.79 Å². The van der Waals surface area contributed by atoms with Crippen LogP contribution in [0.15, 0.2) is 51.4 Å². The van der Waals surface area contributed by atoms with Crippen LogP contribution in [0.4, 0.5) is 18.9 Å². The van der Waals surface area contributed by atoms with Crippen LogP contribution in [0.2, 0.25) is 0 Å². The molecule has 0 aliphatic rings. The summed E-state index contributed by atoms with van der Waals surface area (Å²) in [5.74, 6) is -0.852. The second-order valence-corrected chi connectivity index (χ2v) is 6.22. The van der Waals surface area contributed by atoms with Crippen molar-refractivity contribution in [3.8, 4) is 5.75 Å². The molecule has 8 heteroatoms. The van der Waals surface area contributed by atoms with Gasteiger partial charge in [0.25, 0.3) is 0 Å². The molecule has 0 aliphatic carbocycles. The van der Waals surface area contributed by atoms with Crippen LogP contribution in [0.3, 0.4) is 0 Å². The maximum Gasteiger partial charge on any atom is 0.387 e. The Morgan fingerprint density at radius 1 is 1.12 bits per heavy atom. The Morgan fingerprint density at radius 2 is 1.71 bits per heavy atom. The lowest BCUT2D eigenvalue weighted by Gasteiger charge is -2.08. The van der Waals surface area contributed by atoms with E-state index in [1.54, 1.807) is 0 Å². The Morgan fingerprint density at radius 3 is 2.25 bits per heavy atom. The molecule has 2 rings (SSSR count). The molecule has 3 nitrogen and oxygen atoms in total. The van der Waals surface area contributed by atoms with Gasteiger partial charge in [-0.25, -0.2) is 4.39 Å². The third-order valence-corrected chi connectivity index (χ3v) is 4.04. The van der Waals surface area contributed by atoms with Crippen molar-refractivity contribution in [3.05, 3.63) is 62.8 Å². The summed E-state index contributed by atoms with van der Waals surface area (Å²) in [5.41, 5.74) is 1.02. The number of amides is 1. The number of alkyl halides is 2. The van der Waals surface area contributed by atoms with E-state index < -0.39 is 18.3 Å². The predicted molar refractivity (Wildman–Crippen MR) is 92.5 cm³/mol. The van der Waals surface area contributed by atoms with E-state index in [4.69, 9.17) is 0 Å². The van der Waals surface area contributed by atoms with E-state index in [1.807, 2.05) is 0 Å². The van der Waals surface area contributed by atoms with Crippen LogP contribution in [-0.4, -0.2) is 12.5 Å². The van der Waals surface area contributed by atoms with Crippen molar-refractivity contribution in [2.45, 2.75) is 6.61 Å². The minimum Gasteiger partial charge on any atom is -0.435 e. The van der Waals surface area contributed by atoms with Gasteiger partial charge in [0.15, 0.2) is 0 Å². The van der Waals surface area contributed by atoms with Gasteiger partial charge < -0.3 is 10.1 Å². The predicted octanol–water partition coefficient (Wildman–Crippen LogP) is 5.60. The highest BCUT2D eigenvalue weighted by Crippen LogP contribution is 2.32. The van der Waals surface area contributed by atoms with Crippen LogP contribution in [0, 0.1) is 5.82 Å². The van der Waals surface area contributed by atoms with E-state index >= 15 is 0 Å². The Hall–Kier alpha value is -1.80. The Balaban J connectivity index is 2.03. The van der Waals surface area contributed by atoms with Crippen molar-refractivity contribution < 1.29 is 22.7 Å². The van der Waals surface area contributed by atoms with Crippen LogP contribution in [0.25, 0.3) is 6.08 Å². The third kappa shape index (κ3) is 5.38. The van der Waals surface area contributed by atoms with E-state index in [9.17, 15) is 18.0 Å². The first-order valence-electron chi connectivity index (χ1n) is 6.53. The van der Waals surface area contributed by atoms with E-state index in [-0.39, 0.29) is 5.75 Å². The van der Waals surface area contributed by atoms with E-state index in [0.717, 1.165) is 0 Å². The molecule has 0 atom stereocenters. The van der Waals surface area contributed by atoms with Crippen molar-refractivity contribution in [2.75, 3.05) is 5.32 Å². The Bertz CT molecular complexity index is 741. The SMILES string of the molecule is O=C(/C=C\c1ccc(OC(F)F)cc1)Nc1c(Br)cc(F)cc1Br. The fourth-order valence-corrected chi connectivity index (χ4v) is 3.09. The molecule has 0 bridgehead atoms. The number of carbonyl (C=O) groups excluding carboxylic acids is 1. The van der Waals surface area contributed by atoms with Gasteiger partial charge in [0.1, 0.15) is 11.6 Å². The second kappa shape index (κ2) is 8.34. The fraction of sp³-hybridized carbons (Fsp3) is 0.0625. The average molecular weight is 465 g/mol. The van der Waals surface area contributed by atoms with Crippen LogP contribution < -0.4 is 10.1 Å². The van der Waals surface area contributed by atoms with Gasteiger partial charge in [-0.2, -0.15) is 8.78 Å². The molecule has 126 valence electrons. The number of nitrogens with one attached hydrogen (secondary N) is 1. The van der Waals surface area contributed by atoms with Gasteiger partial charge in [0.05, 0.1) is 5.69 Å². The molecule has 0 fully saturated rings. The summed E-state index contributed by atoms with van der Waals surface area (Å²) in [4.78, 5) is 11.9. The van der Waals surface area contributed by atoms with Gasteiger partial charge in [-0.05, 0) is 67.8 Å². The first-order chi connectivity index (χ1) is 11.3. The standard InChI is InChI=1S/C16H10Br2F3NO2/c17-12-7-10(19)8-13(18)15(12)22-14(23)6-3-9-1-4-11(5-2-9)24-16(20)21/h1-8,16H,(H,22,23)/b6-3-. The maximum atomic E-state index is 13.2. The molecule has 0 heterocycles. The Labute approximate surface area is 152 Å². The molecule has 0 aromatic heterocycles. The molecule has 2 aromatic rings. The summed E-state index contributed by atoms with van der Waals surface area (Å²) < 4.78 is 42.3. The number of halogens is 5. The Kier molecular flexibility index (Phi) is 6.44. The smallest absolute Gasteiger partial charge is 0.387 e. The zero-order valence-corrected chi connectivity index (χ0v) is 15.1. The van der Waals surface area contributed by atoms with Crippen molar-refractivity contribution in [1.29, 1.82) is 0 Å². The summed E-state index contributed by atoms with van der Waals surface area (Å²) in [7, 11) is 0. The average Bonchev–Trinajstić information content (AvgIpc) is 2.49. The van der Waals surface area contributed by atoms with Crippen molar-refractivity contribution in [2.24, 2.45) is 0 Å². The number of rotatable bonds is 5. The molecule has 0 aliphatic heterocycles. The molecule has 0 unspecified atom stereocenters. The largest absolute Gasteiger partial charge is 0.435 e. The van der Waals surface area contributed by atoms with Crippen LogP contribution >= 0.6 is 31.9 Å². The molecule has 1 amide bonds. The molecule has 0 saturated carbocycles. The first-order valence-corrected chi connectivity index (χ1v) is 8.12. The molecule has 0 saturated heterocycles. The number of anilines is 1. The quantitative estimate of drug-likeness (QED) is 0.584. The van der Waals surface area contributed by atoms with E-state index in [1.165, 1.54) is 48.6 Å². The molecular formula is C16H10Br2F3NO2. The van der Waals surface area contributed by atoms with Crippen molar-refractivity contribution in [1.82, 2.24) is 0 Å². The lowest BCUT2D eigenvalue weighted by atomic mass is 10.2. The highest BCUT2D eigenvalue weighted by Gasteiger charge is 2.09. The molecule has 0 radical (unpaired) electrons. The number of hydrogen-bond acceptors (Lipinski definition) is 2. The summed E-state index contributed by atoms with van der Waals surface area (Å²) in [6.45, 7) is -2.88. The van der Waals surface area contributed by atoms with Gasteiger partial charge in [0.2, 0.25) is 5.91 Å². The minimum atomic E-state index is -2.88. The monoisotopic (exact) mass is 463 g/mol. The lowest BCUT2D eigenvalue weighted by Crippen LogP contribution is -2.09. The van der Waals surface area contributed by atoms with Crippen LogP contribution in [0.5, 0.6) is 5.75 Å². The van der Waals surface area contributed by atoms with Crippen LogP contribution in [0.1, 0.15) is 5.56 Å². The van der Waals surface area contributed by atoms with E-state index in [0.29, 0.717) is 20.2 Å². The van der Waals surface area contributed by atoms with Crippen molar-refractivity contribution >= 4 is 49.5 Å². The van der Waals surface area contributed by atoms with E-state index in [2.05, 4.69) is 41.9 Å². The van der Waals surface area contributed by atoms with Gasteiger partial charge in [0, 0.05) is 15.0 Å². The van der Waals surface area contributed by atoms with Crippen LogP contribution in [-0.2, 0) is 4.79 Å².